The summed E-state index contributed by atoms with van der Waals surface area (Å²) in [6.07, 6.45) is 0. The molecule has 0 spiro atoms. The lowest BCUT2D eigenvalue weighted by Crippen LogP contribution is -2.25. The Morgan fingerprint density at radius 1 is 1.37 bits per heavy atom. The number of carbonyl (C=O) groups is 1. The number of esters is 1. The standard InChI is InChI=1S/C21H18ClFN2O5/c1-3-27-21(26)18-11(2)29-20(25)14(9-24)19(18)17-7-5-13(30-17)10-28-16-6-4-12(23)8-15(16)22/h4-8,19H,3,10,25H2,1-2H3/t19-/m0/s1. The Balaban J connectivity index is 1.89. The Bertz CT molecular complexity index is 1080. The van der Waals surface area contributed by atoms with Gasteiger partial charge in [-0.25, -0.2) is 9.18 Å². The van der Waals surface area contributed by atoms with Crippen LogP contribution in [0.2, 0.25) is 5.02 Å². The molecule has 1 aromatic heterocycles. The van der Waals surface area contributed by atoms with Gasteiger partial charge in [0.05, 0.1) is 23.1 Å². The van der Waals surface area contributed by atoms with Gasteiger partial charge in [0, 0.05) is 0 Å². The molecule has 1 aliphatic heterocycles. The third kappa shape index (κ3) is 4.26. The van der Waals surface area contributed by atoms with E-state index in [-0.39, 0.29) is 46.8 Å². The fraction of sp³-hybridized carbons (Fsp3) is 0.238. The molecule has 0 amide bonds. The second-order valence-corrected chi connectivity index (χ2v) is 6.69. The molecule has 0 unspecified atom stereocenters. The van der Waals surface area contributed by atoms with Gasteiger partial charge < -0.3 is 24.4 Å². The molecule has 156 valence electrons. The number of nitrogens with two attached hydrogens (primary N) is 1. The van der Waals surface area contributed by atoms with Gasteiger partial charge in [0.2, 0.25) is 5.88 Å². The highest BCUT2D eigenvalue weighted by atomic mass is 35.5. The van der Waals surface area contributed by atoms with Crippen molar-refractivity contribution >= 4 is 17.6 Å². The highest BCUT2D eigenvalue weighted by Crippen LogP contribution is 2.40. The van der Waals surface area contributed by atoms with E-state index in [4.69, 9.17) is 36.0 Å². The first-order chi connectivity index (χ1) is 14.3. The first kappa shape index (κ1) is 21.3. The summed E-state index contributed by atoms with van der Waals surface area (Å²) >= 11 is 5.95. The molecule has 9 heteroatoms. The van der Waals surface area contributed by atoms with Crippen LogP contribution in [0.25, 0.3) is 0 Å². The van der Waals surface area contributed by atoms with E-state index >= 15 is 0 Å². The molecule has 1 atom stereocenters. The molecule has 0 aliphatic carbocycles. The fourth-order valence-electron chi connectivity index (χ4n) is 3.01. The molecular formula is C21H18ClFN2O5. The lowest BCUT2D eigenvalue weighted by atomic mass is 9.87. The quantitative estimate of drug-likeness (QED) is 0.678. The van der Waals surface area contributed by atoms with Crippen LogP contribution >= 0.6 is 11.6 Å². The molecule has 1 aliphatic rings. The number of furan rings is 1. The van der Waals surface area contributed by atoms with Crippen molar-refractivity contribution < 1.29 is 27.8 Å². The number of rotatable bonds is 6. The third-order valence-corrected chi connectivity index (χ3v) is 4.63. The maximum Gasteiger partial charge on any atom is 0.338 e. The zero-order valence-corrected chi connectivity index (χ0v) is 17.0. The van der Waals surface area contributed by atoms with Gasteiger partial charge in [-0.1, -0.05) is 11.6 Å². The first-order valence-electron chi connectivity index (χ1n) is 8.97. The molecule has 30 heavy (non-hydrogen) atoms. The smallest absolute Gasteiger partial charge is 0.338 e. The Morgan fingerprint density at radius 3 is 2.80 bits per heavy atom. The van der Waals surface area contributed by atoms with Gasteiger partial charge in [-0.3, -0.25) is 0 Å². The summed E-state index contributed by atoms with van der Waals surface area (Å²) in [5, 5.41) is 9.69. The number of hydrogen-bond acceptors (Lipinski definition) is 7. The van der Waals surface area contributed by atoms with Crippen molar-refractivity contribution in [3.8, 4) is 11.8 Å². The summed E-state index contributed by atoms with van der Waals surface area (Å²) in [4.78, 5) is 12.5. The number of halogens is 2. The van der Waals surface area contributed by atoms with Crippen molar-refractivity contribution in [1.82, 2.24) is 0 Å². The lowest BCUT2D eigenvalue weighted by molar-refractivity contribution is -0.139. The minimum Gasteiger partial charge on any atom is -0.484 e. The Hall–Kier alpha value is -3.44. The van der Waals surface area contributed by atoms with Crippen molar-refractivity contribution in [2.75, 3.05) is 6.61 Å². The van der Waals surface area contributed by atoms with Gasteiger partial charge in [0.15, 0.2) is 0 Å². The van der Waals surface area contributed by atoms with Crippen molar-refractivity contribution in [1.29, 1.82) is 5.26 Å². The second-order valence-electron chi connectivity index (χ2n) is 6.28. The Kier molecular flexibility index (Phi) is 6.33. The van der Waals surface area contributed by atoms with Crippen molar-refractivity contribution in [3.63, 3.8) is 0 Å². The van der Waals surface area contributed by atoms with Gasteiger partial charge in [-0.05, 0) is 44.2 Å². The molecule has 7 nitrogen and oxygen atoms in total. The van der Waals surface area contributed by atoms with E-state index in [1.807, 2.05) is 6.07 Å². The summed E-state index contributed by atoms with van der Waals surface area (Å²) in [7, 11) is 0. The minimum absolute atomic E-state index is 0.00685. The number of ether oxygens (including phenoxy) is 3. The van der Waals surface area contributed by atoms with Crippen LogP contribution in [0.4, 0.5) is 4.39 Å². The summed E-state index contributed by atoms with van der Waals surface area (Å²) < 4.78 is 35.0. The van der Waals surface area contributed by atoms with E-state index < -0.39 is 17.7 Å². The number of allylic oxidation sites excluding steroid dienone is 2. The molecule has 3 rings (SSSR count). The van der Waals surface area contributed by atoms with Crippen LogP contribution in [0, 0.1) is 17.1 Å². The van der Waals surface area contributed by atoms with Gasteiger partial charge in [-0.15, -0.1) is 0 Å². The Labute approximate surface area is 177 Å². The molecule has 1 aromatic carbocycles. The van der Waals surface area contributed by atoms with E-state index in [1.54, 1.807) is 26.0 Å². The number of nitrogens with zero attached hydrogens (tertiary/aromatic N) is 1. The zero-order valence-electron chi connectivity index (χ0n) is 16.2. The minimum atomic E-state index is -0.883. The molecule has 2 N–H and O–H groups in total. The topological polar surface area (TPSA) is 108 Å². The summed E-state index contributed by atoms with van der Waals surface area (Å²) in [6, 6.07) is 8.98. The normalized spacial score (nSPS) is 16.2. The first-order valence-corrected chi connectivity index (χ1v) is 9.35. The van der Waals surface area contributed by atoms with E-state index in [0.717, 1.165) is 6.07 Å². The van der Waals surface area contributed by atoms with Gasteiger partial charge in [0.25, 0.3) is 0 Å². The highest BCUT2D eigenvalue weighted by Gasteiger charge is 2.38. The monoisotopic (exact) mass is 432 g/mol. The van der Waals surface area contributed by atoms with Gasteiger partial charge in [0.1, 0.15) is 47.1 Å². The molecule has 0 bridgehead atoms. The van der Waals surface area contributed by atoms with Gasteiger partial charge in [-0.2, -0.15) is 5.26 Å². The maximum atomic E-state index is 13.2. The predicted octanol–water partition coefficient (Wildman–Crippen LogP) is 4.30. The number of benzene rings is 1. The molecule has 0 radical (unpaired) electrons. The van der Waals surface area contributed by atoms with Crippen molar-refractivity contribution in [3.05, 3.63) is 75.5 Å². The van der Waals surface area contributed by atoms with Crippen molar-refractivity contribution in [2.24, 2.45) is 5.73 Å². The summed E-state index contributed by atoms with van der Waals surface area (Å²) in [5.41, 5.74) is 6.02. The fourth-order valence-corrected chi connectivity index (χ4v) is 3.23. The molecular weight excluding hydrogens is 415 g/mol. The average molecular weight is 433 g/mol. The van der Waals surface area contributed by atoms with Crippen LogP contribution in [-0.4, -0.2) is 12.6 Å². The molecule has 0 saturated heterocycles. The summed E-state index contributed by atoms with van der Waals surface area (Å²) in [6.45, 7) is 3.38. The molecule has 2 heterocycles. The second kappa shape index (κ2) is 8.93. The lowest BCUT2D eigenvalue weighted by Gasteiger charge is -2.25. The van der Waals surface area contributed by atoms with E-state index in [2.05, 4.69) is 0 Å². The van der Waals surface area contributed by atoms with Crippen LogP contribution in [-0.2, 0) is 20.9 Å². The largest absolute Gasteiger partial charge is 0.484 e. The van der Waals surface area contributed by atoms with Crippen LogP contribution < -0.4 is 10.5 Å². The SMILES string of the molecule is CCOC(=O)C1=C(C)OC(N)=C(C#N)[C@H]1c1ccc(COc2ccc(F)cc2Cl)o1. The van der Waals surface area contributed by atoms with E-state index in [1.165, 1.54) is 12.1 Å². The molecule has 0 saturated carbocycles. The maximum absolute atomic E-state index is 13.2. The highest BCUT2D eigenvalue weighted by molar-refractivity contribution is 6.32. The Morgan fingerprint density at radius 2 is 2.13 bits per heavy atom. The van der Waals surface area contributed by atoms with Crippen LogP contribution in [0.5, 0.6) is 5.75 Å². The third-order valence-electron chi connectivity index (χ3n) is 4.33. The van der Waals surface area contributed by atoms with Crippen LogP contribution in [0.15, 0.2) is 57.5 Å². The molecule has 0 fully saturated rings. The van der Waals surface area contributed by atoms with Crippen LogP contribution in [0.3, 0.4) is 0 Å². The molecule has 2 aromatic rings. The number of nitriles is 1. The van der Waals surface area contributed by atoms with Crippen molar-refractivity contribution in [2.45, 2.75) is 26.4 Å². The predicted molar refractivity (Wildman–Crippen MR) is 104 cm³/mol. The number of carbonyl (C=O) groups excluding carboxylic acids is 1. The number of hydrogen-bond donors (Lipinski definition) is 1. The zero-order chi connectivity index (χ0) is 21.8. The van der Waals surface area contributed by atoms with Gasteiger partial charge >= 0.3 is 5.97 Å². The van der Waals surface area contributed by atoms with E-state index in [9.17, 15) is 14.4 Å². The van der Waals surface area contributed by atoms with Crippen LogP contribution in [0.1, 0.15) is 31.3 Å². The average Bonchev–Trinajstić information content (AvgIpc) is 3.15. The van der Waals surface area contributed by atoms with E-state index in [0.29, 0.717) is 11.5 Å². The summed E-state index contributed by atoms with van der Waals surface area (Å²) in [5.74, 6) is -0.903.